The van der Waals surface area contributed by atoms with Crippen LogP contribution in [0.25, 0.3) is 0 Å². The molecular formula is C18H25NO5. The van der Waals surface area contributed by atoms with Crippen molar-refractivity contribution in [2.75, 3.05) is 19.7 Å². The molecule has 2 fully saturated rings. The molecule has 0 aromatic rings. The van der Waals surface area contributed by atoms with E-state index in [-0.39, 0.29) is 31.1 Å². The summed E-state index contributed by atoms with van der Waals surface area (Å²) in [5.74, 6) is -1.46. The Morgan fingerprint density at radius 1 is 1.42 bits per heavy atom. The SMILES string of the molecule is CC=C1C[C@H](C)[C@@](C)(O)C(=O)OCC2=CCN3CC[C@H](OC1=O)[C@H]23. The number of rotatable bonds is 0. The molecule has 0 aromatic carbocycles. The third-order valence-electron chi connectivity index (χ3n) is 5.55. The van der Waals surface area contributed by atoms with Crippen molar-refractivity contribution in [3.63, 3.8) is 0 Å². The Morgan fingerprint density at radius 2 is 2.17 bits per heavy atom. The van der Waals surface area contributed by atoms with Crippen LogP contribution in [0.3, 0.4) is 0 Å². The van der Waals surface area contributed by atoms with Gasteiger partial charge in [-0.25, -0.2) is 9.59 Å². The van der Waals surface area contributed by atoms with E-state index >= 15 is 0 Å². The standard InChI is InChI=1S/C18H25NO5/c1-4-12-9-11(2)18(3,22)17(21)23-10-13-5-7-19-8-6-14(15(13)19)24-16(12)20/h4-5,11,14-15,22H,6-10H2,1-3H3/t11-,14-,15-,18+/m0/s1. The zero-order chi connectivity index (χ0) is 17.5. The van der Waals surface area contributed by atoms with Crippen LogP contribution in [0.1, 0.15) is 33.6 Å². The quantitative estimate of drug-likeness (QED) is 0.407. The van der Waals surface area contributed by atoms with Gasteiger partial charge < -0.3 is 14.6 Å². The van der Waals surface area contributed by atoms with Crippen LogP contribution in [-0.4, -0.2) is 59.4 Å². The van der Waals surface area contributed by atoms with E-state index in [9.17, 15) is 14.7 Å². The average Bonchev–Trinajstić information content (AvgIpc) is 3.12. The third kappa shape index (κ3) is 2.89. The highest BCUT2D eigenvalue weighted by atomic mass is 16.6. The molecule has 3 aliphatic heterocycles. The largest absolute Gasteiger partial charge is 0.459 e. The summed E-state index contributed by atoms with van der Waals surface area (Å²) in [5.41, 5.74) is -0.218. The van der Waals surface area contributed by atoms with Gasteiger partial charge in [0.25, 0.3) is 0 Å². The molecular weight excluding hydrogens is 310 g/mol. The molecule has 2 saturated heterocycles. The predicted molar refractivity (Wildman–Crippen MR) is 87.1 cm³/mol. The number of carbonyl (C=O) groups is 2. The highest BCUT2D eigenvalue weighted by Gasteiger charge is 2.45. The van der Waals surface area contributed by atoms with Gasteiger partial charge in [-0.15, -0.1) is 0 Å². The minimum Gasteiger partial charge on any atom is -0.459 e. The fraction of sp³-hybridized carbons (Fsp3) is 0.667. The molecule has 132 valence electrons. The number of nitrogens with zero attached hydrogens (tertiary/aromatic N) is 1. The highest BCUT2D eigenvalue weighted by Crippen LogP contribution is 2.34. The molecule has 0 saturated carbocycles. The van der Waals surface area contributed by atoms with Gasteiger partial charge in [-0.2, -0.15) is 0 Å². The van der Waals surface area contributed by atoms with E-state index in [2.05, 4.69) is 4.90 Å². The smallest absolute Gasteiger partial charge is 0.338 e. The predicted octanol–water partition coefficient (Wildman–Crippen LogP) is 1.19. The molecule has 3 rings (SSSR count). The molecule has 0 radical (unpaired) electrons. The lowest BCUT2D eigenvalue weighted by atomic mass is 9.85. The molecule has 0 unspecified atom stereocenters. The number of cyclic esters (lactones) is 1. The number of esters is 2. The number of carbonyl (C=O) groups excluding carboxylic acids is 2. The maximum absolute atomic E-state index is 12.5. The Hall–Kier alpha value is -1.66. The van der Waals surface area contributed by atoms with Crippen molar-refractivity contribution < 1.29 is 24.2 Å². The second kappa shape index (κ2) is 6.33. The second-order valence-electron chi connectivity index (χ2n) is 7.09. The zero-order valence-electron chi connectivity index (χ0n) is 14.4. The van der Waals surface area contributed by atoms with Gasteiger partial charge in [0.05, 0.1) is 6.04 Å². The average molecular weight is 335 g/mol. The summed E-state index contributed by atoms with van der Waals surface area (Å²) in [5, 5.41) is 10.6. The number of hydrogen-bond donors (Lipinski definition) is 1. The summed E-state index contributed by atoms with van der Waals surface area (Å²) in [7, 11) is 0. The van der Waals surface area contributed by atoms with Crippen LogP contribution < -0.4 is 0 Å². The Morgan fingerprint density at radius 3 is 2.88 bits per heavy atom. The summed E-state index contributed by atoms with van der Waals surface area (Å²) in [6.07, 6.45) is 4.56. The van der Waals surface area contributed by atoms with Gasteiger partial charge in [0, 0.05) is 18.7 Å². The highest BCUT2D eigenvalue weighted by molar-refractivity contribution is 5.89. The lowest BCUT2D eigenvalue weighted by Gasteiger charge is -2.31. The van der Waals surface area contributed by atoms with Crippen molar-refractivity contribution in [1.82, 2.24) is 4.90 Å². The Balaban J connectivity index is 1.91. The molecule has 6 heteroatoms. The van der Waals surface area contributed by atoms with E-state index in [1.807, 2.05) is 6.08 Å². The van der Waals surface area contributed by atoms with Gasteiger partial charge in [0.1, 0.15) is 12.7 Å². The van der Waals surface area contributed by atoms with Crippen LogP contribution in [0.2, 0.25) is 0 Å². The van der Waals surface area contributed by atoms with Gasteiger partial charge in [-0.1, -0.05) is 19.1 Å². The molecule has 0 aromatic heterocycles. The van der Waals surface area contributed by atoms with Crippen LogP contribution in [0.5, 0.6) is 0 Å². The molecule has 1 N–H and O–H groups in total. The monoisotopic (exact) mass is 335 g/mol. The van der Waals surface area contributed by atoms with Gasteiger partial charge in [-0.3, -0.25) is 4.90 Å². The van der Waals surface area contributed by atoms with Crippen molar-refractivity contribution in [3.05, 3.63) is 23.3 Å². The molecule has 0 bridgehead atoms. The van der Waals surface area contributed by atoms with Crippen LogP contribution in [0.15, 0.2) is 23.3 Å². The van der Waals surface area contributed by atoms with E-state index in [4.69, 9.17) is 9.47 Å². The third-order valence-corrected chi connectivity index (χ3v) is 5.55. The molecule has 24 heavy (non-hydrogen) atoms. The molecule has 3 heterocycles. The minimum atomic E-state index is -1.65. The first-order valence-corrected chi connectivity index (χ1v) is 8.53. The van der Waals surface area contributed by atoms with Crippen molar-refractivity contribution in [3.8, 4) is 0 Å². The van der Waals surface area contributed by atoms with Gasteiger partial charge in [0.2, 0.25) is 0 Å². The Bertz CT molecular complexity index is 607. The molecule has 0 spiro atoms. The lowest BCUT2D eigenvalue weighted by Crippen LogP contribution is -2.45. The van der Waals surface area contributed by atoms with Gasteiger partial charge in [0.15, 0.2) is 5.60 Å². The number of aliphatic hydroxyl groups is 1. The molecule has 3 aliphatic rings. The molecule has 6 nitrogen and oxygen atoms in total. The first-order chi connectivity index (χ1) is 11.3. The maximum atomic E-state index is 12.5. The van der Waals surface area contributed by atoms with Crippen LogP contribution in [-0.2, 0) is 19.1 Å². The summed E-state index contributed by atoms with van der Waals surface area (Å²) < 4.78 is 11.2. The summed E-state index contributed by atoms with van der Waals surface area (Å²) in [6, 6.07) is -0.0262. The summed E-state index contributed by atoms with van der Waals surface area (Å²) >= 11 is 0. The summed E-state index contributed by atoms with van der Waals surface area (Å²) in [6.45, 7) is 6.71. The van der Waals surface area contributed by atoms with Gasteiger partial charge in [-0.05, 0) is 38.2 Å². The van der Waals surface area contributed by atoms with E-state index in [0.717, 1.165) is 25.1 Å². The van der Waals surface area contributed by atoms with Crippen molar-refractivity contribution in [1.29, 1.82) is 0 Å². The van der Waals surface area contributed by atoms with E-state index in [0.29, 0.717) is 5.57 Å². The van der Waals surface area contributed by atoms with Crippen molar-refractivity contribution in [2.24, 2.45) is 5.92 Å². The first kappa shape index (κ1) is 17.2. The van der Waals surface area contributed by atoms with Crippen LogP contribution in [0, 0.1) is 5.92 Å². The molecule has 0 aliphatic carbocycles. The topological polar surface area (TPSA) is 76.1 Å². The van der Waals surface area contributed by atoms with Crippen LogP contribution >= 0.6 is 0 Å². The first-order valence-electron chi connectivity index (χ1n) is 8.53. The number of ether oxygens (including phenoxy) is 2. The molecule has 0 amide bonds. The summed E-state index contributed by atoms with van der Waals surface area (Å²) in [4.78, 5) is 27.1. The maximum Gasteiger partial charge on any atom is 0.338 e. The van der Waals surface area contributed by atoms with Gasteiger partial charge >= 0.3 is 11.9 Å². The minimum absolute atomic E-state index is 0.0262. The number of allylic oxidation sites excluding steroid dienone is 1. The van der Waals surface area contributed by atoms with E-state index in [1.54, 1.807) is 19.9 Å². The zero-order valence-corrected chi connectivity index (χ0v) is 14.4. The Labute approximate surface area is 142 Å². The lowest BCUT2D eigenvalue weighted by molar-refractivity contribution is -0.169. The van der Waals surface area contributed by atoms with Crippen LogP contribution in [0.4, 0.5) is 0 Å². The van der Waals surface area contributed by atoms with Crippen molar-refractivity contribution in [2.45, 2.75) is 51.4 Å². The fourth-order valence-corrected chi connectivity index (χ4v) is 3.68. The number of hydrogen-bond acceptors (Lipinski definition) is 6. The fourth-order valence-electron chi connectivity index (χ4n) is 3.68. The second-order valence-corrected chi connectivity index (χ2v) is 7.09. The van der Waals surface area contributed by atoms with E-state index < -0.39 is 17.5 Å². The Kier molecular flexibility index (Phi) is 4.53. The van der Waals surface area contributed by atoms with Crippen molar-refractivity contribution >= 4 is 11.9 Å². The molecule has 4 atom stereocenters. The normalized spacial score (nSPS) is 39.6. The van der Waals surface area contributed by atoms with E-state index in [1.165, 1.54) is 6.92 Å².